The van der Waals surface area contributed by atoms with Gasteiger partial charge in [0.2, 0.25) is 0 Å². The summed E-state index contributed by atoms with van der Waals surface area (Å²) in [5.74, 6) is 0.516. The molecule has 2 unspecified atom stereocenters. The molecule has 0 radical (unpaired) electrons. The summed E-state index contributed by atoms with van der Waals surface area (Å²) in [6.45, 7) is 9.08. The Morgan fingerprint density at radius 1 is 1.17 bits per heavy atom. The highest BCUT2D eigenvalue weighted by atomic mass is 16.2. The predicted octanol–water partition coefficient (Wildman–Crippen LogP) is 2.83. The molecule has 1 aliphatic heterocycles. The first-order valence-electron chi connectivity index (χ1n) is 8.81. The number of imide groups is 1. The van der Waals surface area contributed by atoms with E-state index in [1.807, 2.05) is 38.1 Å². The van der Waals surface area contributed by atoms with E-state index in [0.29, 0.717) is 12.3 Å². The number of aryl methyl sites for hydroxylation is 1. The molecular weight excluding hydrogens is 302 g/mol. The topological polar surface area (TPSA) is 61.4 Å². The SMILES string of the molecule is Cc1ccc(CC2NC(=O)N(C(C)NCCCC(C)C)C2=O)cc1. The predicted molar refractivity (Wildman–Crippen MR) is 95.6 cm³/mol. The fourth-order valence-corrected chi connectivity index (χ4v) is 2.93. The van der Waals surface area contributed by atoms with Crippen LogP contribution in [0.1, 0.15) is 44.7 Å². The van der Waals surface area contributed by atoms with Crippen molar-refractivity contribution in [3.63, 3.8) is 0 Å². The zero-order chi connectivity index (χ0) is 17.7. The number of carbonyl (C=O) groups excluding carboxylic acids is 2. The summed E-state index contributed by atoms with van der Waals surface area (Å²) in [4.78, 5) is 26.1. The van der Waals surface area contributed by atoms with Gasteiger partial charge in [0.15, 0.2) is 0 Å². The minimum atomic E-state index is -0.472. The van der Waals surface area contributed by atoms with Crippen LogP contribution in [0.15, 0.2) is 24.3 Å². The molecule has 1 aromatic carbocycles. The highest BCUT2D eigenvalue weighted by Gasteiger charge is 2.40. The van der Waals surface area contributed by atoms with E-state index in [1.165, 1.54) is 10.5 Å². The molecule has 0 aliphatic carbocycles. The molecule has 1 aromatic rings. The van der Waals surface area contributed by atoms with E-state index in [4.69, 9.17) is 0 Å². The summed E-state index contributed by atoms with van der Waals surface area (Å²) < 4.78 is 0. The Kier molecular flexibility index (Phi) is 6.37. The normalized spacial score (nSPS) is 19.0. The molecule has 0 saturated carbocycles. The van der Waals surface area contributed by atoms with Crippen molar-refractivity contribution in [1.82, 2.24) is 15.5 Å². The van der Waals surface area contributed by atoms with Gasteiger partial charge < -0.3 is 5.32 Å². The molecule has 5 heteroatoms. The summed E-state index contributed by atoms with van der Waals surface area (Å²) in [5.41, 5.74) is 2.24. The maximum absolute atomic E-state index is 12.6. The van der Waals surface area contributed by atoms with Crippen LogP contribution in [0.3, 0.4) is 0 Å². The lowest BCUT2D eigenvalue weighted by Gasteiger charge is -2.23. The summed E-state index contributed by atoms with van der Waals surface area (Å²) in [7, 11) is 0. The lowest BCUT2D eigenvalue weighted by Crippen LogP contribution is -2.47. The molecule has 0 bridgehead atoms. The first kappa shape index (κ1) is 18.5. The van der Waals surface area contributed by atoms with Crippen molar-refractivity contribution < 1.29 is 9.59 Å². The summed E-state index contributed by atoms with van der Waals surface area (Å²) in [6.07, 6.45) is 2.42. The van der Waals surface area contributed by atoms with Crippen LogP contribution in [0.5, 0.6) is 0 Å². The first-order valence-corrected chi connectivity index (χ1v) is 8.81. The van der Waals surface area contributed by atoms with Crippen molar-refractivity contribution in [2.45, 2.75) is 59.2 Å². The Hall–Kier alpha value is -1.88. The molecule has 2 N–H and O–H groups in total. The monoisotopic (exact) mass is 331 g/mol. The fourth-order valence-electron chi connectivity index (χ4n) is 2.93. The Bertz CT molecular complexity index is 568. The number of hydrogen-bond acceptors (Lipinski definition) is 3. The van der Waals surface area contributed by atoms with E-state index >= 15 is 0 Å². The molecular formula is C19H29N3O2. The van der Waals surface area contributed by atoms with Gasteiger partial charge in [-0.15, -0.1) is 0 Å². The quantitative estimate of drug-likeness (QED) is 0.569. The Balaban J connectivity index is 1.89. The number of hydrogen-bond donors (Lipinski definition) is 2. The number of benzene rings is 1. The smallest absolute Gasteiger partial charge is 0.325 e. The molecule has 0 spiro atoms. The van der Waals surface area contributed by atoms with Crippen LogP contribution in [0.2, 0.25) is 0 Å². The maximum atomic E-state index is 12.6. The second-order valence-corrected chi connectivity index (χ2v) is 7.07. The van der Waals surface area contributed by atoms with Gasteiger partial charge in [-0.3, -0.25) is 10.1 Å². The molecule has 5 nitrogen and oxygen atoms in total. The summed E-state index contributed by atoms with van der Waals surface area (Å²) >= 11 is 0. The Morgan fingerprint density at radius 3 is 2.46 bits per heavy atom. The van der Waals surface area contributed by atoms with Crippen molar-refractivity contribution in [2.75, 3.05) is 6.54 Å². The maximum Gasteiger partial charge on any atom is 0.326 e. The number of nitrogens with zero attached hydrogens (tertiary/aromatic N) is 1. The van der Waals surface area contributed by atoms with Crippen LogP contribution >= 0.6 is 0 Å². The van der Waals surface area contributed by atoms with E-state index in [9.17, 15) is 9.59 Å². The molecule has 1 saturated heterocycles. The number of urea groups is 1. The molecule has 132 valence electrons. The van der Waals surface area contributed by atoms with Gasteiger partial charge in [0.05, 0.1) is 6.17 Å². The lowest BCUT2D eigenvalue weighted by molar-refractivity contribution is -0.129. The minimum absolute atomic E-state index is 0.149. The third-order valence-corrected chi connectivity index (χ3v) is 4.40. The van der Waals surface area contributed by atoms with Gasteiger partial charge in [-0.05, 0) is 44.7 Å². The van der Waals surface area contributed by atoms with E-state index in [2.05, 4.69) is 24.5 Å². The van der Waals surface area contributed by atoms with Crippen molar-refractivity contribution in [3.8, 4) is 0 Å². The van der Waals surface area contributed by atoms with Crippen molar-refractivity contribution in [1.29, 1.82) is 0 Å². The molecule has 1 aliphatic rings. The number of carbonyl (C=O) groups is 2. The van der Waals surface area contributed by atoms with Crippen molar-refractivity contribution in [2.24, 2.45) is 5.92 Å². The summed E-state index contributed by atoms with van der Waals surface area (Å²) in [5, 5.41) is 6.08. The van der Waals surface area contributed by atoms with E-state index in [1.54, 1.807) is 0 Å². The van der Waals surface area contributed by atoms with Gasteiger partial charge in [0.1, 0.15) is 6.04 Å². The van der Waals surface area contributed by atoms with Crippen LogP contribution in [0, 0.1) is 12.8 Å². The molecule has 1 fully saturated rings. The van der Waals surface area contributed by atoms with Crippen LogP contribution in [-0.2, 0) is 11.2 Å². The van der Waals surface area contributed by atoms with Crippen molar-refractivity contribution in [3.05, 3.63) is 35.4 Å². The Labute approximate surface area is 144 Å². The van der Waals surface area contributed by atoms with Gasteiger partial charge >= 0.3 is 6.03 Å². The van der Waals surface area contributed by atoms with Crippen LogP contribution < -0.4 is 10.6 Å². The first-order chi connectivity index (χ1) is 11.4. The highest BCUT2D eigenvalue weighted by Crippen LogP contribution is 2.15. The zero-order valence-corrected chi connectivity index (χ0v) is 15.1. The van der Waals surface area contributed by atoms with Gasteiger partial charge in [0, 0.05) is 6.42 Å². The molecule has 2 atom stereocenters. The fraction of sp³-hybridized carbons (Fsp3) is 0.579. The highest BCUT2D eigenvalue weighted by molar-refractivity contribution is 6.04. The zero-order valence-electron chi connectivity index (χ0n) is 15.1. The van der Waals surface area contributed by atoms with Gasteiger partial charge in [-0.2, -0.15) is 0 Å². The molecule has 0 aromatic heterocycles. The van der Waals surface area contributed by atoms with Crippen LogP contribution in [0.25, 0.3) is 0 Å². The van der Waals surface area contributed by atoms with E-state index in [0.717, 1.165) is 24.9 Å². The van der Waals surface area contributed by atoms with Gasteiger partial charge in [-0.25, -0.2) is 9.69 Å². The summed E-state index contributed by atoms with van der Waals surface area (Å²) in [6, 6.07) is 7.28. The lowest BCUT2D eigenvalue weighted by atomic mass is 10.0. The second-order valence-electron chi connectivity index (χ2n) is 7.07. The molecule has 1 heterocycles. The van der Waals surface area contributed by atoms with Crippen LogP contribution in [0.4, 0.5) is 4.79 Å². The second kappa shape index (κ2) is 8.29. The number of rotatable bonds is 8. The van der Waals surface area contributed by atoms with E-state index in [-0.39, 0.29) is 18.1 Å². The van der Waals surface area contributed by atoms with Gasteiger partial charge in [-0.1, -0.05) is 43.7 Å². The average molecular weight is 331 g/mol. The minimum Gasteiger partial charge on any atom is -0.325 e. The Morgan fingerprint density at radius 2 is 1.83 bits per heavy atom. The third kappa shape index (κ3) is 4.81. The standard InChI is InChI=1S/C19H29N3O2/c1-13(2)6-5-11-20-15(4)22-18(23)17(21-19(22)24)12-16-9-7-14(3)8-10-16/h7-10,13,15,17,20H,5-6,11-12H2,1-4H3,(H,21,24). The molecule has 24 heavy (non-hydrogen) atoms. The third-order valence-electron chi connectivity index (χ3n) is 4.40. The molecule has 2 rings (SSSR count). The number of amides is 3. The van der Waals surface area contributed by atoms with Crippen molar-refractivity contribution >= 4 is 11.9 Å². The molecule has 3 amide bonds. The number of nitrogens with one attached hydrogen (secondary N) is 2. The largest absolute Gasteiger partial charge is 0.326 e. The van der Waals surface area contributed by atoms with Gasteiger partial charge in [0.25, 0.3) is 5.91 Å². The van der Waals surface area contributed by atoms with Crippen LogP contribution in [-0.4, -0.2) is 35.6 Å². The van der Waals surface area contributed by atoms with E-state index < -0.39 is 6.04 Å². The average Bonchev–Trinajstić information content (AvgIpc) is 2.80.